The van der Waals surface area contributed by atoms with Crippen LogP contribution in [0.25, 0.3) is 5.65 Å². The van der Waals surface area contributed by atoms with E-state index in [4.69, 9.17) is 0 Å². The maximum Gasteiger partial charge on any atom is 0.223 e. The van der Waals surface area contributed by atoms with E-state index in [1.54, 1.807) is 0 Å². The molecule has 0 radical (unpaired) electrons. The first kappa shape index (κ1) is 13.6. The molecule has 0 saturated heterocycles. The zero-order valence-corrected chi connectivity index (χ0v) is 11.8. The lowest BCUT2D eigenvalue weighted by Crippen LogP contribution is -2.29. The lowest BCUT2D eigenvalue weighted by Gasteiger charge is -2.11. The Morgan fingerprint density at radius 1 is 1.42 bits per heavy atom. The summed E-state index contributed by atoms with van der Waals surface area (Å²) in [5.74, 6) is 0.234. The van der Waals surface area contributed by atoms with E-state index < -0.39 is 0 Å². The van der Waals surface area contributed by atoms with E-state index in [1.165, 1.54) is 0 Å². The number of amides is 1. The van der Waals surface area contributed by atoms with Crippen molar-refractivity contribution >= 4 is 11.6 Å². The number of aromatic nitrogens is 2. The topological polar surface area (TPSA) is 46.4 Å². The molecule has 0 bridgehead atoms. The van der Waals surface area contributed by atoms with E-state index in [1.807, 2.05) is 49.7 Å². The van der Waals surface area contributed by atoms with Gasteiger partial charge in [-0.05, 0) is 31.4 Å². The van der Waals surface area contributed by atoms with E-state index in [-0.39, 0.29) is 11.8 Å². The number of carbonyl (C=O) groups excluding carboxylic acids is 1. The van der Waals surface area contributed by atoms with E-state index in [2.05, 4.69) is 10.3 Å². The average Bonchev–Trinajstić information content (AvgIpc) is 2.82. The van der Waals surface area contributed by atoms with Gasteiger partial charge in [-0.15, -0.1) is 0 Å². The Kier molecular flexibility index (Phi) is 4.20. The van der Waals surface area contributed by atoms with Crippen molar-refractivity contribution in [3.05, 3.63) is 35.8 Å². The number of imidazole rings is 1. The average molecular weight is 259 g/mol. The number of pyridine rings is 1. The third-order valence-electron chi connectivity index (χ3n) is 3.53. The second-order valence-corrected chi connectivity index (χ2v) is 4.89. The fourth-order valence-corrected chi connectivity index (χ4v) is 2.27. The van der Waals surface area contributed by atoms with Gasteiger partial charge in [-0.25, -0.2) is 4.98 Å². The Bertz CT molecular complexity index is 570. The van der Waals surface area contributed by atoms with Crippen LogP contribution in [0.4, 0.5) is 0 Å². The van der Waals surface area contributed by atoms with E-state index in [0.29, 0.717) is 6.54 Å². The summed E-state index contributed by atoms with van der Waals surface area (Å²) in [6, 6.07) is 4.03. The van der Waals surface area contributed by atoms with Crippen molar-refractivity contribution in [3.63, 3.8) is 0 Å². The predicted octanol–water partition coefficient (Wildman–Crippen LogP) is 2.70. The Morgan fingerprint density at radius 3 is 2.79 bits per heavy atom. The number of fused-ring (bicyclic) bond motifs is 1. The van der Waals surface area contributed by atoms with Crippen LogP contribution >= 0.6 is 0 Å². The molecule has 0 fully saturated rings. The van der Waals surface area contributed by atoms with Crippen LogP contribution in [0.1, 0.15) is 37.9 Å². The largest absolute Gasteiger partial charge is 0.350 e. The molecule has 0 aliphatic heterocycles. The van der Waals surface area contributed by atoms with Crippen LogP contribution in [0.5, 0.6) is 0 Å². The number of hydrogen-bond acceptors (Lipinski definition) is 2. The minimum Gasteiger partial charge on any atom is -0.350 e. The minimum absolute atomic E-state index is 0.110. The normalized spacial score (nSPS) is 11.2. The van der Waals surface area contributed by atoms with Gasteiger partial charge in [-0.3, -0.25) is 4.79 Å². The van der Waals surface area contributed by atoms with Gasteiger partial charge in [0.1, 0.15) is 5.65 Å². The highest BCUT2D eigenvalue weighted by atomic mass is 16.1. The van der Waals surface area contributed by atoms with Gasteiger partial charge in [-0.1, -0.05) is 19.9 Å². The summed E-state index contributed by atoms with van der Waals surface area (Å²) in [4.78, 5) is 16.5. The van der Waals surface area contributed by atoms with E-state index in [0.717, 1.165) is 29.7 Å². The maximum atomic E-state index is 11.9. The molecule has 1 N–H and O–H groups in total. The molecular formula is C15H21N3O. The molecule has 2 aromatic rings. The zero-order chi connectivity index (χ0) is 13.8. The number of nitrogens with zero attached hydrogens (tertiary/aromatic N) is 2. The summed E-state index contributed by atoms with van der Waals surface area (Å²) in [6.07, 6.45) is 5.70. The van der Waals surface area contributed by atoms with Crippen molar-refractivity contribution in [2.75, 3.05) is 0 Å². The van der Waals surface area contributed by atoms with Crippen LogP contribution in [0.2, 0.25) is 0 Å². The quantitative estimate of drug-likeness (QED) is 0.897. The van der Waals surface area contributed by atoms with E-state index in [9.17, 15) is 4.79 Å². The maximum absolute atomic E-state index is 11.9. The van der Waals surface area contributed by atoms with Gasteiger partial charge in [-0.2, -0.15) is 0 Å². The van der Waals surface area contributed by atoms with Crippen molar-refractivity contribution in [1.29, 1.82) is 0 Å². The second-order valence-electron chi connectivity index (χ2n) is 4.89. The van der Waals surface area contributed by atoms with Crippen molar-refractivity contribution in [3.8, 4) is 0 Å². The Morgan fingerprint density at radius 2 is 2.16 bits per heavy atom. The molecular weight excluding hydrogens is 238 g/mol. The Balaban J connectivity index is 2.06. The number of carbonyl (C=O) groups is 1. The first-order valence-electron chi connectivity index (χ1n) is 6.86. The lowest BCUT2D eigenvalue weighted by atomic mass is 10.0. The van der Waals surface area contributed by atoms with E-state index >= 15 is 0 Å². The van der Waals surface area contributed by atoms with Gasteiger partial charge in [0.15, 0.2) is 0 Å². The van der Waals surface area contributed by atoms with Crippen LogP contribution in [-0.2, 0) is 11.3 Å². The summed E-state index contributed by atoms with van der Waals surface area (Å²) in [5, 5.41) is 2.97. The van der Waals surface area contributed by atoms with Crippen LogP contribution in [-0.4, -0.2) is 15.3 Å². The summed E-state index contributed by atoms with van der Waals surface area (Å²) < 4.78 is 1.99. The number of hydrogen-bond donors (Lipinski definition) is 1. The molecule has 1 amide bonds. The first-order chi connectivity index (χ1) is 9.15. The zero-order valence-electron chi connectivity index (χ0n) is 11.8. The third kappa shape index (κ3) is 2.95. The summed E-state index contributed by atoms with van der Waals surface area (Å²) in [5.41, 5.74) is 2.99. The monoisotopic (exact) mass is 259 g/mol. The van der Waals surface area contributed by atoms with Crippen molar-refractivity contribution in [2.45, 2.75) is 40.2 Å². The molecule has 0 aromatic carbocycles. The van der Waals surface area contributed by atoms with Gasteiger partial charge in [0, 0.05) is 18.3 Å². The highest BCUT2D eigenvalue weighted by Gasteiger charge is 2.14. The van der Waals surface area contributed by atoms with Gasteiger partial charge in [0.2, 0.25) is 5.91 Å². The van der Waals surface area contributed by atoms with Crippen molar-refractivity contribution < 1.29 is 4.79 Å². The number of aryl methyl sites for hydroxylation is 1. The van der Waals surface area contributed by atoms with Gasteiger partial charge in [0.25, 0.3) is 0 Å². The smallest absolute Gasteiger partial charge is 0.223 e. The lowest BCUT2D eigenvalue weighted by molar-refractivity contribution is -0.125. The predicted molar refractivity (Wildman–Crippen MR) is 75.8 cm³/mol. The van der Waals surface area contributed by atoms with Crippen LogP contribution < -0.4 is 5.32 Å². The Labute approximate surface area is 113 Å². The minimum atomic E-state index is 0.110. The molecule has 0 unspecified atom stereocenters. The van der Waals surface area contributed by atoms with Gasteiger partial charge in [0.05, 0.1) is 12.2 Å². The van der Waals surface area contributed by atoms with Crippen molar-refractivity contribution in [1.82, 2.24) is 14.7 Å². The van der Waals surface area contributed by atoms with Crippen molar-refractivity contribution in [2.24, 2.45) is 5.92 Å². The molecule has 4 heteroatoms. The SMILES string of the molecule is CCC(CC)C(=O)NCc1cn2cccc(C)c2n1. The Hall–Kier alpha value is -1.84. The molecule has 2 heterocycles. The first-order valence-corrected chi connectivity index (χ1v) is 6.86. The molecule has 0 spiro atoms. The fourth-order valence-electron chi connectivity index (χ4n) is 2.27. The molecule has 102 valence electrons. The molecule has 4 nitrogen and oxygen atoms in total. The molecule has 19 heavy (non-hydrogen) atoms. The number of rotatable bonds is 5. The molecule has 0 aliphatic carbocycles. The molecule has 2 aromatic heterocycles. The molecule has 0 atom stereocenters. The summed E-state index contributed by atoms with van der Waals surface area (Å²) in [6.45, 7) is 6.62. The standard InChI is InChI=1S/C15H21N3O/c1-4-12(5-2)15(19)16-9-13-10-18-8-6-7-11(3)14(18)17-13/h6-8,10,12H,4-5,9H2,1-3H3,(H,16,19). The van der Waals surface area contributed by atoms with Gasteiger partial charge < -0.3 is 9.72 Å². The highest BCUT2D eigenvalue weighted by Crippen LogP contribution is 2.11. The molecule has 0 aliphatic rings. The van der Waals surface area contributed by atoms with Crippen LogP contribution in [0.3, 0.4) is 0 Å². The summed E-state index contributed by atoms with van der Waals surface area (Å²) >= 11 is 0. The van der Waals surface area contributed by atoms with Crippen LogP contribution in [0, 0.1) is 12.8 Å². The molecule has 2 rings (SSSR count). The third-order valence-corrected chi connectivity index (χ3v) is 3.53. The summed E-state index contributed by atoms with van der Waals surface area (Å²) in [7, 11) is 0. The molecule has 0 saturated carbocycles. The fraction of sp³-hybridized carbons (Fsp3) is 0.467. The highest BCUT2D eigenvalue weighted by molar-refractivity contribution is 5.78. The van der Waals surface area contributed by atoms with Gasteiger partial charge >= 0.3 is 0 Å². The van der Waals surface area contributed by atoms with Crippen LogP contribution in [0.15, 0.2) is 24.5 Å². The second kappa shape index (κ2) is 5.87. The number of nitrogens with one attached hydrogen (secondary N) is 1.